The number of pyridine rings is 2. The predicted molar refractivity (Wildman–Crippen MR) is 76.1 cm³/mol. The summed E-state index contributed by atoms with van der Waals surface area (Å²) in [5.74, 6) is 6.43. The lowest BCUT2D eigenvalue weighted by Gasteiger charge is -2.06. The van der Waals surface area contributed by atoms with Crippen molar-refractivity contribution >= 4 is 0 Å². The number of nitrogens with zero attached hydrogens (tertiary/aromatic N) is 2. The van der Waals surface area contributed by atoms with Crippen molar-refractivity contribution in [2.24, 2.45) is 0 Å². The number of aromatic nitrogens is 2. The first-order chi connectivity index (χ1) is 9.78. The maximum Gasteiger partial charge on any atom is 0.139 e. The van der Waals surface area contributed by atoms with Crippen LogP contribution in [0.5, 0.6) is 5.75 Å². The standard InChI is InChI=1S/C16H16N2O2/c1-13-5-4-7-15(18-13)12-20-16-9-14(10-17-11-16)6-2-3-8-19/h4-5,7,9-11,19H,3,8,12H2,1H3. The Hall–Kier alpha value is -2.38. The number of aliphatic hydroxyl groups is 1. The molecular weight excluding hydrogens is 252 g/mol. The predicted octanol–water partition coefficient (Wildman–Crippen LogP) is 2.10. The van der Waals surface area contributed by atoms with Crippen LogP contribution in [0.4, 0.5) is 0 Å². The molecule has 102 valence electrons. The summed E-state index contributed by atoms with van der Waals surface area (Å²) in [7, 11) is 0. The zero-order chi connectivity index (χ0) is 14.2. The number of hydrogen-bond acceptors (Lipinski definition) is 4. The molecule has 0 aliphatic carbocycles. The van der Waals surface area contributed by atoms with E-state index in [1.807, 2.05) is 31.2 Å². The number of aryl methyl sites for hydroxylation is 1. The molecule has 0 saturated heterocycles. The third kappa shape index (κ3) is 4.38. The van der Waals surface area contributed by atoms with E-state index in [1.54, 1.807) is 12.4 Å². The van der Waals surface area contributed by atoms with Crippen LogP contribution in [0.1, 0.15) is 23.4 Å². The lowest BCUT2D eigenvalue weighted by atomic mass is 10.2. The summed E-state index contributed by atoms with van der Waals surface area (Å²) < 4.78 is 5.65. The summed E-state index contributed by atoms with van der Waals surface area (Å²) in [5, 5.41) is 8.68. The molecule has 0 spiro atoms. The summed E-state index contributed by atoms with van der Waals surface area (Å²) in [6, 6.07) is 7.65. The van der Waals surface area contributed by atoms with Gasteiger partial charge in [-0.3, -0.25) is 9.97 Å². The van der Waals surface area contributed by atoms with Crippen LogP contribution in [0.2, 0.25) is 0 Å². The second-order valence-electron chi connectivity index (χ2n) is 4.24. The first-order valence-electron chi connectivity index (χ1n) is 6.38. The third-order valence-corrected chi connectivity index (χ3v) is 2.52. The summed E-state index contributed by atoms with van der Waals surface area (Å²) in [5.41, 5.74) is 2.61. The SMILES string of the molecule is Cc1cccc(COc2cncc(C#CCCO)c2)n1. The molecule has 0 aliphatic rings. The zero-order valence-corrected chi connectivity index (χ0v) is 11.3. The van der Waals surface area contributed by atoms with Crippen molar-refractivity contribution < 1.29 is 9.84 Å². The van der Waals surface area contributed by atoms with Gasteiger partial charge in [0.1, 0.15) is 12.4 Å². The van der Waals surface area contributed by atoms with Gasteiger partial charge in [-0.2, -0.15) is 0 Å². The summed E-state index contributed by atoms with van der Waals surface area (Å²) >= 11 is 0. The Morgan fingerprint density at radius 1 is 1.30 bits per heavy atom. The second kappa shape index (κ2) is 7.27. The van der Waals surface area contributed by atoms with E-state index < -0.39 is 0 Å². The van der Waals surface area contributed by atoms with E-state index in [4.69, 9.17) is 9.84 Å². The highest BCUT2D eigenvalue weighted by Gasteiger charge is 1.99. The van der Waals surface area contributed by atoms with Gasteiger partial charge in [-0.1, -0.05) is 17.9 Å². The molecule has 0 unspecified atom stereocenters. The van der Waals surface area contributed by atoms with Gasteiger partial charge in [-0.05, 0) is 25.1 Å². The molecule has 0 aromatic carbocycles. The van der Waals surface area contributed by atoms with Crippen molar-refractivity contribution in [3.05, 3.63) is 53.6 Å². The van der Waals surface area contributed by atoms with Crippen molar-refractivity contribution in [1.82, 2.24) is 9.97 Å². The maximum atomic E-state index is 8.68. The molecule has 0 bridgehead atoms. The van der Waals surface area contributed by atoms with Crippen LogP contribution >= 0.6 is 0 Å². The molecule has 20 heavy (non-hydrogen) atoms. The molecule has 0 amide bonds. The minimum atomic E-state index is 0.0651. The summed E-state index contributed by atoms with van der Waals surface area (Å²) in [6.45, 7) is 2.41. The van der Waals surface area contributed by atoms with Crippen molar-refractivity contribution in [3.63, 3.8) is 0 Å². The molecule has 4 nitrogen and oxygen atoms in total. The van der Waals surface area contributed by atoms with Crippen molar-refractivity contribution in [2.45, 2.75) is 20.0 Å². The Morgan fingerprint density at radius 2 is 2.20 bits per heavy atom. The highest BCUT2D eigenvalue weighted by molar-refractivity contribution is 5.36. The molecule has 0 saturated carbocycles. The van der Waals surface area contributed by atoms with Crippen LogP contribution in [0.25, 0.3) is 0 Å². The zero-order valence-electron chi connectivity index (χ0n) is 11.3. The van der Waals surface area contributed by atoms with E-state index in [1.165, 1.54) is 0 Å². The molecule has 0 atom stereocenters. The fourth-order valence-electron chi connectivity index (χ4n) is 1.62. The topological polar surface area (TPSA) is 55.2 Å². The van der Waals surface area contributed by atoms with Crippen LogP contribution in [0.15, 0.2) is 36.7 Å². The van der Waals surface area contributed by atoms with Crippen LogP contribution in [-0.4, -0.2) is 21.7 Å². The van der Waals surface area contributed by atoms with E-state index in [9.17, 15) is 0 Å². The van der Waals surface area contributed by atoms with E-state index in [2.05, 4.69) is 21.8 Å². The molecule has 1 N–H and O–H groups in total. The van der Waals surface area contributed by atoms with Gasteiger partial charge in [0.05, 0.1) is 18.5 Å². The molecule has 2 heterocycles. The Labute approximate surface area is 118 Å². The van der Waals surface area contributed by atoms with Crippen LogP contribution in [0.3, 0.4) is 0 Å². The van der Waals surface area contributed by atoms with Gasteiger partial charge < -0.3 is 9.84 Å². The third-order valence-electron chi connectivity index (χ3n) is 2.52. The van der Waals surface area contributed by atoms with Crippen molar-refractivity contribution in [1.29, 1.82) is 0 Å². The Bertz CT molecular complexity index is 630. The molecule has 2 aromatic heterocycles. The average Bonchev–Trinajstić information content (AvgIpc) is 2.46. The van der Waals surface area contributed by atoms with Crippen LogP contribution in [-0.2, 0) is 6.61 Å². The number of rotatable bonds is 4. The minimum absolute atomic E-state index is 0.0651. The first kappa shape index (κ1) is 14.0. The lowest BCUT2D eigenvalue weighted by molar-refractivity contribution is 0.300. The van der Waals surface area contributed by atoms with Gasteiger partial charge in [-0.15, -0.1) is 0 Å². The number of hydrogen-bond donors (Lipinski definition) is 1. The molecule has 2 rings (SSSR count). The first-order valence-corrected chi connectivity index (χ1v) is 6.38. The van der Waals surface area contributed by atoms with E-state index >= 15 is 0 Å². The van der Waals surface area contributed by atoms with Gasteiger partial charge in [0, 0.05) is 23.9 Å². The van der Waals surface area contributed by atoms with Gasteiger partial charge in [-0.25, -0.2) is 0 Å². The lowest BCUT2D eigenvalue weighted by Crippen LogP contribution is -1.99. The normalized spacial score (nSPS) is 9.70. The highest BCUT2D eigenvalue weighted by atomic mass is 16.5. The Morgan fingerprint density at radius 3 is 3.00 bits per heavy atom. The van der Waals surface area contributed by atoms with Gasteiger partial charge >= 0.3 is 0 Å². The van der Waals surface area contributed by atoms with Crippen molar-refractivity contribution in [3.8, 4) is 17.6 Å². The second-order valence-corrected chi connectivity index (χ2v) is 4.24. The summed E-state index contributed by atoms with van der Waals surface area (Å²) in [4.78, 5) is 8.45. The maximum absolute atomic E-state index is 8.68. The molecular formula is C16H16N2O2. The van der Waals surface area contributed by atoms with E-state index in [-0.39, 0.29) is 6.61 Å². The fraction of sp³-hybridized carbons (Fsp3) is 0.250. The van der Waals surface area contributed by atoms with Gasteiger partial charge in [0.15, 0.2) is 0 Å². The molecule has 0 radical (unpaired) electrons. The summed E-state index contributed by atoms with van der Waals surface area (Å²) in [6.07, 6.45) is 3.77. The van der Waals surface area contributed by atoms with Gasteiger partial charge in [0.25, 0.3) is 0 Å². The Balaban J connectivity index is 2.00. The van der Waals surface area contributed by atoms with Gasteiger partial charge in [0.2, 0.25) is 0 Å². The largest absolute Gasteiger partial charge is 0.486 e. The molecule has 0 fully saturated rings. The molecule has 4 heteroatoms. The average molecular weight is 268 g/mol. The number of ether oxygens (including phenoxy) is 1. The molecule has 0 aliphatic heterocycles. The number of aliphatic hydroxyl groups excluding tert-OH is 1. The van der Waals surface area contributed by atoms with E-state index in [0.29, 0.717) is 18.8 Å². The fourth-order valence-corrected chi connectivity index (χ4v) is 1.62. The Kier molecular flexibility index (Phi) is 5.10. The minimum Gasteiger partial charge on any atom is -0.486 e. The highest BCUT2D eigenvalue weighted by Crippen LogP contribution is 2.12. The van der Waals surface area contributed by atoms with Crippen molar-refractivity contribution in [2.75, 3.05) is 6.61 Å². The van der Waals surface area contributed by atoms with Crippen LogP contribution in [0, 0.1) is 18.8 Å². The molecule has 2 aromatic rings. The quantitative estimate of drug-likeness (QED) is 0.863. The van der Waals surface area contributed by atoms with Crippen LogP contribution < -0.4 is 4.74 Å². The smallest absolute Gasteiger partial charge is 0.139 e. The van der Waals surface area contributed by atoms with E-state index in [0.717, 1.165) is 17.0 Å². The monoisotopic (exact) mass is 268 g/mol.